The largest absolute Gasteiger partial charge is 0.325 e. The summed E-state index contributed by atoms with van der Waals surface area (Å²) < 4.78 is 14.1. The molecule has 2 aromatic rings. The molecular weight excluding hydrogens is 359 g/mol. The predicted octanol–water partition coefficient (Wildman–Crippen LogP) is 4.40. The molecule has 1 aliphatic heterocycles. The molecule has 0 bridgehead atoms. The van der Waals surface area contributed by atoms with Gasteiger partial charge >= 0.3 is 0 Å². The second-order valence-electron chi connectivity index (χ2n) is 5.99. The van der Waals surface area contributed by atoms with Crippen molar-refractivity contribution in [1.29, 1.82) is 0 Å². The molecule has 1 heterocycles. The van der Waals surface area contributed by atoms with E-state index in [0.717, 1.165) is 11.3 Å². The van der Waals surface area contributed by atoms with Crippen LogP contribution in [-0.4, -0.2) is 29.6 Å². The Morgan fingerprint density at radius 1 is 1.32 bits per heavy atom. The Morgan fingerprint density at radius 3 is 2.76 bits per heavy atom. The van der Waals surface area contributed by atoms with Crippen LogP contribution in [0.3, 0.4) is 0 Å². The van der Waals surface area contributed by atoms with E-state index in [-0.39, 0.29) is 29.7 Å². The van der Waals surface area contributed by atoms with Crippen LogP contribution in [0, 0.1) is 5.82 Å². The molecule has 2 aromatic carbocycles. The normalized spacial score (nSPS) is 18.4. The number of hydrogen-bond acceptors (Lipinski definition) is 3. The van der Waals surface area contributed by atoms with Gasteiger partial charge in [0.05, 0.1) is 6.54 Å². The third kappa shape index (κ3) is 4.35. The summed E-state index contributed by atoms with van der Waals surface area (Å²) in [5.74, 6) is 0.540. The van der Waals surface area contributed by atoms with Gasteiger partial charge in [-0.15, -0.1) is 11.8 Å². The number of amides is 1. The summed E-state index contributed by atoms with van der Waals surface area (Å²) in [5.41, 5.74) is 1.64. The lowest BCUT2D eigenvalue weighted by molar-refractivity contribution is -0.130. The van der Waals surface area contributed by atoms with Crippen LogP contribution in [0.15, 0.2) is 48.5 Å². The monoisotopic (exact) mass is 378 g/mol. The van der Waals surface area contributed by atoms with Gasteiger partial charge in [0.2, 0.25) is 5.91 Å². The second-order valence-corrected chi connectivity index (χ2v) is 7.61. The highest BCUT2D eigenvalue weighted by Crippen LogP contribution is 2.38. The van der Waals surface area contributed by atoms with Crippen LogP contribution in [0.25, 0.3) is 0 Å². The Labute approximate surface area is 156 Å². The Morgan fingerprint density at radius 2 is 2.04 bits per heavy atom. The molecule has 2 atom stereocenters. The average Bonchev–Trinajstić information content (AvgIpc) is 3.10. The Balaban J connectivity index is 1.62. The van der Waals surface area contributed by atoms with Gasteiger partial charge in [0.25, 0.3) is 0 Å². The van der Waals surface area contributed by atoms with Gasteiger partial charge in [0, 0.05) is 28.9 Å². The number of halogens is 2. The fourth-order valence-corrected chi connectivity index (χ4v) is 4.29. The van der Waals surface area contributed by atoms with Crippen LogP contribution in [0.2, 0.25) is 5.02 Å². The van der Waals surface area contributed by atoms with Crippen LogP contribution >= 0.6 is 23.4 Å². The fourth-order valence-electron chi connectivity index (χ4n) is 2.87. The van der Waals surface area contributed by atoms with Gasteiger partial charge in [-0.2, -0.15) is 0 Å². The Bertz CT molecular complexity index is 740. The van der Waals surface area contributed by atoms with Gasteiger partial charge in [-0.3, -0.25) is 4.79 Å². The predicted molar refractivity (Wildman–Crippen MR) is 101 cm³/mol. The highest BCUT2D eigenvalue weighted by Gasteiger charge is 2.32. The molecule has 0 aliphatic carbocycles. The van der Waals surface area contributed by atoms with Gasteiger partial charge < -0.3 is 10.2 Å². The first kappa shape index (κ1) is 18.2. The highest BCUT2D eigenvalue weighted by atomic mass is 35.5. The molecule has 1 N–H and O–H groups in total. The van der Waals surface area contributed by atoms with Crippen molar-refractivity contribution in [2.24, 2.45) is 0 Å². The lowest BCUT2D eigenvalue weighted by Crippen LogP contribution is -2.38. The van der Waals surface area contributed by atoms with Crippen molar-refractivity contribution in [2.75, 3.05) is 18.8 Å². The molecule has 1 aliphatic rings. The van der Waals surface area contributed by atoms with E-state index in [2.05, 4.69) is 5.32 Å². The number of hydrogen-bond donors (Lipinski definition) is 1. The zero-order valence-corrected chi connectivity index (χ0v) is 15.5. The van der Waals surface area contributed by atoms with Crippen molar-refractivity contribution >= 4 is 29.3 Å². The molecular formula is C19H20ClFN2OS. The maximum absolute atomic E-state index is 14.1. The van der Waals surface area contributed by atoms with E-state index in [4.69, 9.17) is 11.6 Å². The fraction of sp³-hybridized carbons (Fsp3) is 0.316. The summed E-state index contributed by atoms with van der Waals surface area (Å²) in [7, 11) is 0. The van der Waals surface area contributed by atoms with Crippen molar-refractivity contribution in [3.63, 3.8) is 0 Å². The van der Waals surface area contributed by atoms with Crippen molar-refractivity contribution in [3.05, 3.63) is 70.5 Å². The maximum atomic E-state index is 14.1. The molecule has 3 nitrogen and oxygen atoms in total. The van der Waals surface area contributed by atoms with E-state index in [1.807, 2.05) is 31.2 Å². The number of nitrogens with zero attached hydrogens (tertiary/aromatic N) is 1. The first-order chi connectivity index (χ1) is 12.1. The van der Waals surface area contributed by atoms with Gasteiger partial charge in [0.15, 0.2) is 0 Å². The molecule has 6 heteroatoms. The maximum Gasteiger partial charge on any atom is 0.237 e. The number of carbonyl (C=O) groups excluding carboxylic acids is 1. The number of nitrogens with one attached hydrogen (secondary N) is 1. The quantitative estimate of drug-likeness (QED) is 0.836. The zero-order chi connectivity index (χ0) is 17.8. The van der Waals surface area contributed by atoms with Crippen molar-refractivity contribution < 1.29 is 9.18 Å². The summed E-state index contributed by atoms with van der Waals surface area (Å²) in [6.07, 6.45) is 0. The molecule has 3 rings (SSSR count). The molecule has 0 spiro atoms. The third-order valence-electron chi connectivity index (χ3n) is 4.31. The van der Waals surface area contributed by atoms with E-state index >= 15 is 0 Å². The average molecular weight is 379 g/mol. The summed E-state index contributed by atoms with van der Waals surface area (Å²) in [4.78, 5) is 14.4. The minimum absolute atomic E-state index is 0.0148. The summed E-state index contributed by atoms with van der Waals surface area (Å²) in [5, 5.41) is 3.68. The minimum Gasteiger partial charge on any atom is -0.325 e. The smallest absolute Gasteiger partial charge is 0.237 e. The topological polar surface area (TPSA) is 32.3 Å². The van der Waals surface area contributed by atoms with Crippen LogP contribution in [0.4, 0.5) is 4.39 Å². The van der Waals surface area contributed by atoms with E-state index < -0.39 is 0 Å². The first-order valence-electron chi connectivity index (χ1n) is 8.20. The second kappa shape index (κ2) is 8.21. The molecule has 0 aromatic heterocycles. The lowest BCUT2D eigenvalue weighted by Gasteiger charge is -2.25. The molecule has 1 amide bonds. The standard InChI is InChI=1S/C19H20ClFN2OS/c1-13(14-6-8-15(20)9-7-14)22-12-18(24)23-10-11-25-19(23)16-4-2-3-5-17(16)21/h2-9,13,19,22H,10-12H2,1H3/t13-,19+/m1/s1. The summed E-state index contributed by atoms with van der Waals surface area (Å²) in [6.45, 7) is 2.86. The van der Waals surface area contributed by atoms with Crippen molar-refractivity contribution in [2.45, 2.75) is 18.3 Å². The van der Waals surface area contributed by atoms with Gasteiger partial charge in [0.1, 0.15) is 11.2 Å². The third-order valence-corrected chi connectivity index (χ3v) is 5.81. The van der Waals surface area contributed by atoms with Crippen LogP contribution in [0.5, 0.6) is 0 Å². The van der Waals surface area contributed by atoms with E-state index in [1.54, 1.807) is 34.9 Å². The Kier molecular flexibility index (Phi) is 5.99. The van der Waals surface area contributed by atoms with Gasteiger partial charge in [-0.1, -0.05) is 41.9 Å². The molecule has 0 saturated carbocycles. The number of thioether (sulfide) groups is 1. The molecule has 1 fully saturated rings. The lowest BCUT2D eigenvalue weighted by atomic mass is 10.1. The molecule has 25 heavy (non-hydrogen) atoms. The number of carbonyl (C=O) groups is 1. The van der Waals surface area contributed by atoms with Crippen LogP contribution < -0.4 is 5.32 Å². The number of rotatable bonds is 5. The van der Waals surface area contributed by atoms with Gasteiger partial charge in [-0.25, -0.2) is 4.39 Å². The SMILES string of the molecule is C[C@@H](NCC(=O)N1CCS[C@H]1c1ccccc1F)c1ccc(Cl)cc1. The summed E-state index contributed by atoms with van der Waals surface area (Å²) in [6, 6.07) is 14.3. The molecule has 0 radical (unpaired) electrons. The minimum atomic E-state index is -0.262. The molecule has 1 saturated heterocycles. The highest BCUT2D eigenvalue weighted by molar-refractivity contribution is 7.99. The Hall–Kier alpha value is -1.56. The van der Waals surface area contributed by atoms with Crippen molar-refractivity contribution in [3.8, 4) is 0 Å². The zero-order valence-electron chi connectivity index (χ0n) is 13.9. The van der Waals surface area contributed by atoms with E-state index in [0.29, 0.717) is 17.1 Å². The van der Waals surface area contributed by atoms with Gasteiger partial charge in [-0.05, 0) is 30.7 Å². The summed E-state index contributed by atoms with van der Waals surface area (Å²) >= 11 is 7.50. The van der Waals surface area contributed by atoms with E-state index in [1.165, 1.54) is 6.07 Å². The molecule has 0 unspecified atom stereocenters. The van der Waals surface area contributed by atoms with E-state index in [9.17, 15) is 9.18 Å². The first-order valence-corrected chi connectivity index (χ1v) is 9.63. The molecule has 132 valence electrons. The van der Waals surface area contributed by atoms with Crippen molar-refractivity contribution in [1.82, 2.24) is 10.2 Å². The van der Waals surface area contributed by atoms with Crippen LogP contribution in [0.1, 0.15) is 29.5 Å². The number of benzene rings is 2. The van der Waals surface area contributed by atoms with Crippen LogP contribution in [-0.2, 0) is 4.79 Å².